The summed E-state index contributed by atoms with van der Waals surface area (Å²) in [5, 5.41) is 8.51. The Labute approximate surface area is 180 Å². The average Bonchev–Trinajstić information content (AvgIpc) is 2.77. The molecule has 0 unspecified atom stereocenters. The number of nitrogens with one attached hydrogen (secondary N) is 3. The second-order valence-corrected chi connectivity index (χ2v) is 7.03. The average molecular weight is 416 g/mol. The standard InChI is InChI=1S/C24H24N4O3/c1-16-10-12-17(13-11-16)14-27-24(31)19-7-3-5-9-21(19)28-22(29)15-26-20-8-4-2-6-18(20)23(25)30/h2-13,26H,14-15H2,1H3,(H2,25,30)(H,27,31)(H,28,29). The third-order valence-electron chi connectivity index (χ3n) is 4.65. The Morgan fingerprint density at radius 3 is 2.10 bits per heavy atom. The van der Waals surface area contributed by atoms with Crippen LogP contribution in [0.15, 0.2) is 72.8 Å². The van der Waals surface area contributed by atoms with E-state index in [9.17, 15) is 14.4 Å². The number of primary amides is 1. The molecule has 3 amide bonds. The molecule has 0 bridgehead atoms. The highest BCUT2D eigenvalue weighted by Crippen LogP contribution is 2.17. The van der Waals surface area contributed by atoms with Crippen molar-refractivity contribution in [1.82, 2.24) is 5.32 Å². The van der Waals surface area contributed by atoms with Gasteiger partial charge in [0.1, 0.15) is 0 Å². The Balaban J connectivity index is 1.62. The van der Waals surface area contributed by atoms with E-state index in [0.717, 1.165) is 11.1 Å². The fourth-order valence-electron chi connectivity index (χ4n) is 3.00. The number of rotatable bonds is 8. The normalized spacial score (nSPS) is 10.2. The molecule has 0 spiro atoms. The van der Waals surface area contributed by atoms with Gasteiger partial charge in [-0.3, -0.25) is 14.4 Å². The molecule has 3 aromatic carbocycles. The van der Waals surface area contributed by atoms with E-state index in [1.54, 1.807) is 48.5 Å². The van der Waals surface area contributed by atoms with Gasteiger partial charge in [-0.1, -0.05) is 54.1 Å². The third kappa shape index (κ3) is 5.93. The number of amides is 3. The van der Waals surface area contributed by atoms with E-state index >= 15 is 0 Å². The first-order valence-corrected chi connectivity index (χ1v) is 9.79. The minimum absolute atomic E-state index is 0.0936. The van der Waals surface area contributed by atoms with Gasteiger partial charge in [-0.2, -0.15) is 0 Å². The van der Waals surface area contributed by atoms with Gasteiger partial charge in [-0.25, -0.2) is 0 Å². The van der Waals surface area contributed by atoms with E-state index in [0.29, 0.717) is 29.0 Å². The van der Waals surface area contributed by atoms with Gasteiger partial charge in [-0.05, 0) is 36.8 Å². The predicted octanol–water partition coefficient (Wildman–Crippen LogP) is 3.07. The Kier molecular flexibility index (Phi) is 7.01. The van der Waals surface area contributed by atoms with Crippen molar-refractivity contribution in [2.24, 2.45) is 5.73 Å². The fourth-order valence-corrected chi connectivity index (χ4v) is 3.00. The third-order valence-corrected chi connectivity index (χ3v) is 4.65. The fraction of sp³-hybridized carbons (Fsp3) is 0.125. The molecule has 0 fully saturated rings. The van der Waals surface area contributed by atoms with Crippen LogP contribution >= 0.6 is 0 Å². The molecular formula is C24H24N4O3. The maximum atomic E-state index is 12.7. The first-order chi connectivity index (χ1) is 14.9. The lowest BCUT2D eigenvalue weighted by Gasteiger charge is -2.13. The van der Waals surface area contributed by atoms with Crippen molar-refractivity contribution in [1.29, 1.82) is 0 Å². The number of nitrogens with two attached hydrogens (primary N) is 1. The zero-order valence-corrected chi connectivity index (χ0v) is 17.1. The molecule has 0 heterocycles. The molecule has 3 rings (SSSR count). The van der Waals surface area contributed by atoms with Crippen molar-refractivity contribution in [3.05, 3.63) is 95.1 Å². The van der Waals surface area contributed by atoms with Gasteiger partial charge in [0.2, 0.25) is 5.91 Å². The van der Waals surface area contributed by atoms with Crippen molar-refractivity contribution in [3.8, 4) is 0 Å². The van der Waals surface area contributed by atoms with Crippen LogP contribution in [-0.4, -0.2) is 24.3 Å². The summed E-state index contributed by atoms with van der Waals surface area (Å²) < 4.78 is 0. The Morgan fingerprint density at radius 2 is 1.42 bits per heavy atom. The largest absolute Gasteiger partial charge is 0.376 e. The maximum absolute atomic E-state index is 12.7. The summed E-state index contributed by atoms with van der Waals surface area (Å²) >= 11 is 0. The highest BCUT2D eigenvalue weighted by molar-refractivity contribution is 6.05. The van der Waals surface area contributed by atoms with Crippen LogP contribution in [0.1, 0.15) is 31.8 Å². The number of carbonyl (C=O) groups is 3. The lowest BCUT2D eigenvalue weighted by Crippen LogP contribution is -2.27. The van der Waals surface area contributed by atoms with E-state index in [1.807, 2.05) is 31.2 Å². The molecule has 5 N–H and O–H groups in total. The summed E-state index contributed by atoms with van der Waals surface area (Å²) in [5.74, 6) is -1.24. The number of hydrogen-bond acceptors (Lipinski definition) is 4. The number of benzene rings is 3. The van der Waals surface area contributed by atoms with Crippen LogP contribution in [0.5, 0.6) is 0 Å². The molecule has 0 saturated heterocycles. The summed E-state index contributed by atoms with van der Waals surface area (Å²) in [5.41, 5.74) is 9.01. The van der Waals surface area contributed by atoms with Crippen molar-refractivity contribution < 1.29 is 14.4 Å². The number of aryl methyl sites for hydroxylation is 1. The molecule has 7 nitrogen and oxygen atoms in total. The van der Waals surface area contributed by atoms with E-state index in [4.69, 9.17) is 5.73 Å². The SMILES string of the molecule is Cc1ccc(CNC(=O)c2ccccc2NC(=O)CNc2ccccc2C(N)=O)cc1. The number of para-hydroxylation sites is 2. The molecule has 158 valence electrons. The Hall–Kier alpha value is -4.13. The highest BCUT2D eigenvalue weighted by Gasteiger charge is 2.14. The molecule has 0 aromatic heterocycles. The monoisotopic (exact) mass is 416 g/mol. The van der Waals surface area contributed by atoms with E-state index in [2.05, 4.69) is 16.0 Å². The summed E-state index contributed by atoms with van der Waals surface area (Å²) in [6.07, 6.45) is 0. The van der Waals surface area contributed by atoms with Gasteiger partial charge in [0.05, 0.1) is 23.4 Å². The number of anilines is 2. The van der Waals surface area contributed by atoms with Crippen LogP contribution < -0.4 is 21.7 Å². The van der Waals surface area contributed by atoms with Crippen molar-refractivity contribution in [3.63, 3.8) is 0 Å². The lowest BCUT2D eigenvalue weighted by atomic mass is 10.1. The van der Waals surface area contributed by atoms with Crippen molar-refractivity contribution in [2.45, 2.75) is 13.5 Å². The van der Waals surface area contributed by atoms with Gasteiger partial charge in [-0.15, -0.1) is 0 Å². The van der Waals surface area contributed by atoms with Crippen molar-refractivity contribution in [2.75, 3.05) is 17.2 Å². The molecule has 0 aliphatic rings. The molecule has 3 aromatic rings. The van der Waals surface area contributed by atoms with Crippen LogP contribution in [0.4, 0.5) is 11.4 Å². The Morgan fingerprint density at radius 1 is 0.806 bits per heavy atom. The summed E-state index contributed by atoms with van der Waals surface area (Å²) in [7, 11) is 0. The summed E-state index contributed by atoms with van der Waals surface area (Å²) in [4.78, 5) is 36.6. The molecule has 0 aliphatic carbocycles. The van der Waals surface area contributed by atoms with E-state index < -0.39 is 5.91 Å². The van der Waals surface area contributed by atoms with E-state index in [1.165, 1.54) is 0 Å². The molecule has 0 saturated carbocycles. The maximum Gasteiger partial charge on any atom is 0.253 e. The van der Waals surface area contributed by atoms with Gasteiger partial charge in [0.15, 0.2) is 0 Å². The Bertz CT molecular complexity index is 1090. The molecule has 7 heteroatoms. The number of carbonyl (C=O) groups excluding carboxylic acids is 3. The second kappa shape index (κ2) is 10.1. The zero-order chi connectivity index (χ0) is 22.2. The van der Waals surface area contributed by atoms with E-state index in [-0.39, 0.29) is 18.4 Å². The minimum Gasteiger partial charge on any atom is -0.376 e. The molecule has 31 heavy (non-hydrogen) atoms. The summed E-state index contributed by atoms with van der Waals surface area (Å²) in [6, 6.07) is 21.3. The molecule has 0 aliphatic heterocycles. The zero-order valence-electron chi connectivity index (χ0n) is 17.1. The van der Waals surface area contributed by atoms with Crippen LogP contribution in [0.25, 0.3) is 0 Å². The van der Waals surface area contributed by atoms with Crippen LogP contribution in [-0.2, 0) is 11.3 Å². The first-order valence-electron chi connectivity index (χ1n) is 9.79. The topological polar surface area (TPSA) is 113 Å². The van der Waals surface area contributed by atoms with Gasteiger partial charge in [0, 0.05) is 12.2 Å². The van der Waals surface area contributed by atoms with Gasteiger partial charge < -0.3 is 21.7 Å². The highest BCUT2D eigenvalue weighted by atomic mass is 16.2. The van der Waals surface area contributed by atoms with Gasteiger partial charge in [0.25, 0.3) is 11.8 Å². The van der Waals surface area contributed by atoms with Crippen LogP contribution in [0, 0.1) is 6.92 Å². The molecule has 0 atom stereocenters. The predicted molar refractivity (Wildman–Crippen MR) is 121 cm³/mol. The number of hydrogen-bond donors (Lipinski definition) is 4. The molecule has 0 radical (unpaired) electrons. The molecular weight excluding hydrogens is 392 g/mol. The first kappa shape index (κ1) is 21.6. The van der Waals surface area contributed by atoms with Crippen molar-refractivity contribution >= 4 is 29.1 Å². The van der Waals surface area contributed by atoms with Crippen LogP contribution in [0.3, 0.4) is 0 Å². The summed E-state index contributed by atoms with van der Waals surface area (Å²) in [6.45, 7) is 2.29. The van der Waals surface area contributed by atoms with Crippen LogP contribution in [0.2, 0.25) is 0 Å². The lowest BCUT2D eigenvalue weighted by molar-refractivity contribution is -0.114. The van der Waals surface area contributed by atoms with Gasteiger partial charge >= 0.3 is 0 Å². The second-order valence-electron chi connectivity index (χ2n) is 7.03. The minimum atomic E-state index is -0.584. The quantitative estimate of drug-likeness (QED) is 0.452. The smallest absolute Gasteiger partial charge is 0.253 e.